The second kappa shape index (κ2) is 7.92. The van der Waals surface area contributed by atoms with Gasteiger partial charge in [-0.3, -0.25) is 0 Å². The number of aryl methyl sites for hydroxylation is 1. The number of ether oxygens (including phenoxy) is 1. The van der Waals surface area contributed by atoms with Crippen LogP contribution >= 0.6 is 11.3 Å². The van der Waals surface area contributed by atoms with Gasteiger partial charge in [0.05, 0.1) is 5.39 Å². The van der Waals surface area contributed by atoms with Crippen LogP contribution in [0.5, 0.6) is 0 Å². The van der Waals surface area contributed by atoms with Crippen molar-refractivity contribution in [1.82, 2.24) is 14.9 Å². The van der Waals surface area contributed by atoms with Gasteiger partial charge in [0.1, 0.15) is 23.6 Å². The number of carbonyl (C=O) groups is 1. The molecule has 3 aromatic rings. The van der Waals surface area contributed by atoms with Crippen LogP contribution in [-0.2, 0) is 17.8 Å². The number of piperazine rings is 1. The molecule has 0 bridgehead atoms. The Labute approximate surface area is 162 Å². The Kier molecular flexibility index (Phi) is 5.20. The number of hydrogen-bond donors (Lipinski definition) is 0. The maximum atomic E-state index is 12.3. The maximum Gasteiger partial charge on any atom is 0.410 e. The zero-order chi connectivity index (χ0) is 18.6. The number of thiophene rings is 1. The Hall–Kier alpha value is -2.67. The van der Waals surface area contributed by atoms with Crippen LogP contribution in [0.15, 0.2) is 42.7 Å². The molecule has 1 amide bonds. The minimum atomic E-state index is -0.254. The minimum absolute atomic E-state index is 0.254. The summed E-state index contributed by atoms with van der Waals surface area (Å²) in [6, 6.07) is 11.9. The highest BCUT2D eigenvalue weighted by Gasteiger charge is 2.24. The molecule has 0 aliphatic carbocycles. The number of hydrogen-bond acceptors (Lipinski definition) is 6. The van der Waals surface area contributed by atoms with Gasteiger partial charge in [0.25, 0.3) is 0 Å². The molecule has 0 saturated carbocycles. The third kappa shape index (κ3) is 3.88. The fourth-order valence-electron chi connectivity index (χ4n) is 3.23. The molecule has 1 aromatic carbocycles. The molecule has 4 rings (SSSR count). The van der Waals surface area contributed by atoms with E-state index in [2.05, 4.69) is 27.9 Å². The van der Waals surface area contributed by atoms with Gasteiger partial charge in [-0.15, -0.1) is 11.3 Å². The molecule has 7 heteroatoms. The van der Waals surface area contributed by atoms with E-state index < -0.39 is 0 Å². The largest absolute Gasteiger partial charge is 0.445 e. The minimum Gasteiger partial charge on any atom is -0.445 e. The SMILES string of the molecule is CCc1cc2c(N3CCN(C(=O)OCc4ccccc4)CC3)ncnc2s1. The Morgan fingerprint density at radius 3 is 2.67 bits per heavy atom. The van der Waals surface area contributed by atoms with E-state index in [0.29, 0.717) is 19.7 Å². The summed E-state index contributed by atoms with van der Waals surface area (Å²) < 4.78 is 5.44. The van der Waals surface area contributed by atoms with Crippen molar-refractivity contribution in [3.05, 3.63) is 53.2 Å². The van der Waals surface area contributed by atoms with Gasteiger partial charge in [-0.05, 0) is 18.1 Å². The van der Waals surface area contributed by atoms with Crippen molar-refractivity contribution in [3.8, 4) is 0 Å². The molecule has 3 heterocycles. The maximum absolute atomic E-state index is 12.3. The molecule has 0 unspecified atom stereocenters. The van der Waals surface area contributed by atoms with Crippen LogP contribution in [0.1, 0.15) is 17.4 Å². The highest BCUT2D eigenvalue weighted by molar-refractivity contribution is 7.18. The van der Waals surface area contributed by atoms with Gasteiger partial charge in [0.2, 0.25) is 0 Å². The van der Waals surface area contributed by atoms with Gasteiger partial charge in [-0.25, -0.2) is 14.8 Å². The van der Waals surface area contributed by atoms with Gasteiger partial charge < -0.3 is 14.5 Å². The molecule has 0 N–H and O–H groups in total. The molecule has 2 aromatic heterocycles. The van der Waals surface area contributed by atoms with Crippen LogP contribution in [-0.4, -0.2) is 47.1 Å². The van der Waals surface area contributed by atoms with E-state index in [-0.39, 0.29) is 6.09 Å². The number of aromatic nitrogens is 2. The van der Waals surface area contributed by atoms with E-state index in [0.717, 1.165) is 41.1 Å². The fraction of sp³-hybridized carbons (Fsp3) is 0.350. The molecule has 1 aliphatic rings. The van der Waals surface area contributed by atoms with Crippen LogP contribution in [0.4, 0.5) is 10.6 Å². The lowest BCUT2D eigenvalue weighted by Crippen LogP contribution is -2.49. The Bertz CT molecular complexity index is 920. The second-order valence-electron chi connectivity index (χ2n) is 6.50. The van der Waals surface area contributed by atoms with E-state index in [4.69, 9.17) is 4.74 Å². The lowest BCUT2D eigenvalue weighted by Gasteiger charge is -2.34. The summed E-state index contributed by atoms with van der Waals surface area (Å²) in [5, 5.41) is 1.11. The summed E-state index contributed by atoms with van der Waals surface area (Å²) in [5.41, 5.74) is 0.997. The first-order valence-electron chi connectivity index (χ1n) is 9.18. The van der Waals surface area contributed by atoms with Crippen molar-refractivity contribution in [3.63, 3.8) is 0 Å². The molecular formula is C20H22N4O2S. The molecular weight excluding hydrogens is 360 g/mol. The molecule has 140 valence electrons. The number of benzene rings is 1. The number of fused-ring (bicyclic) bond motifs is 1. The molecule has 0 spiro atoms. The summed E-state index contributed by atoms with van der Waals surface area (Å²) in [4.78, 5) is 27.6. The summed E-state index contributed by atoms with van der Waals surface area (Å²) in [6.45, 7) is 5.19. The third-order valence-electron chi connectivity index (χ3n) is 4.75. The first-order chi connectivity index (χ1) is 13.2. The zero-order valence-corrected chi connectivity index (χ0v) is 16.1. The standard InChI is InChI=1S/C20H22N4O2S/c1-2-16-12-17-18(21-14-22-19(17)27-16)23-8-10-24(11-9-23)20(25)26-13-15-6-4-3-5-7-15/h3-7,12,14H,2,8-11,13H2,1H3. The number of nitrogens with zero attached hydrogens (tertiary/aromatic N) is 4. The number of amides is 1. The number of anilines is 1. The molecule has 1 fully saturated rings. The summed E-state index contributed by atoms with van der Waals surface area (Å²) >= 11 is 1.72. The molecule has 27 heavy (non-hydrogen) atoms. The van der Waals surface area contributed by atoms with Crippen LogP contribution in [0.2, 0.25) is 0 Å². The molecule has 0 atom stereocenters. The van der Waals surface area contributed by atoms with E-state index in [1.54, 1.807) is 22.6 Å². The molecule has 1 saturated heterocycles. The Morgan fingerprint density at radius 1 is 1.15 bits per heavy atom. The first kappa shape index (κ1) is 17.7. The molecule has 6 nitrogen and oxygen atoms in total. The van der Waals surface area contributed by atoms with Gasteiger partial charge in [0, 0.05) is 31.1 Å². The van der Waals surface area contributed by atoms with Crippen molar-refractivity contribution >= 4 is 33.5 Å². The normalized spacial score (nSPS) is 14.6. The van der Waals surface area contributed by atoms with Crippen LogP contribution < -0.4 is 4.90 Å². The average Bonchev–Trinajstić information content (AvgIpc) is 3.16. The third-order valence-corrected chi connectivity index (χ3v) is 5.94. The molecule has 0 radical (unpaired) electrons. The van der Waals surface area contributed by atoms with E-state index in [1.807, 2.05) is 30.3 Å². The monoisotopic (exact) mass is 382 g/mol. The number of rotatable bonds is 4. The van der Waals surface area contributed by atoms with Crippen LogP contribution in [0, 0.1) is 0 Å². The molecule has 1 aliphatic heterocycles. The van der Waals surface area contributed by atoms with Crippen molar-refractivity contribution in [2.45, 2.75) is 20.0 Å². The van der Waals surface area contributed by atoms with E-state index in [9.17, 15) is 4.79 Å². The summed E-state index contributed by atoms with van der Waals surface area (Å²) in [6.07, 6.45) is 2.38. The smallest absolute Gasteiger partial charge is 0.410 e. The fourth-order valence-corrected chi connectivity index (χ4v) is 4.16. The summed E-state index contributed by atoms with van der Waals surface area (Å²) in [5.74, 6) is 0.966. The van der Waals surface area contributed by atoms with Crippen molar-refractivity contribution in [2.24, 2.45) is 0 Å². The van der Waals surface area contributed by atoms with Gasteiger partial charge in [-0.2, -0.15) is 0 Å². The highest BCUT2D eigenvalue weighted by atomic mass is 32.1. The van der Waals surface area contributed by atoms with Crippen molar-refractivity contribution < 1.29 is 9.53 Å². The van der Waals surface area contributed by atoms with Crippen molar-refractivity contribution in [1.29, 1.82) is 0 Å². The Morgan fingerprint density at radius 2 is 1.93 bits per heavy atom. The number of carbonyl (C=O) groups excluding carboxylic acids is 1. The predicted molar refractivity (Wildman–Crippen MR) is 107 cm³/mol. The second-order valence-corrected chi connectivity index (χ2v) is 7.61. The quantitative estimate of drug-likeness (QED) is 0.688. The zero-order valence-electron chi connectivity index (χ0n) is 15.3. The lowest BCUT2D eigenvalue weighted by molar-refractivity contribution is 0.0941. The highest BCUT2D eigenvalue weighted by Crippen LogP contribution is 2.30. The van der Waals surface area contributed by atoms with E-state index >= 15 is 0 Å². The summed E-state index contributed by atoms with van der Waals surface area (Å²) in [7, 11) is 0. The van der Waals surface area contributed by atoms with Gasteiger partial charge in [-0.1, -0.05) is 37.3 Å². The Balaban J connectivity index is 1.37. The van der Waals surface area contributed by atoms with Crippen molar-refractivity contribution in [2.75, 3.05) is 31.1 Å². The van der Waals surface area contributed by atoms with Gasteiger partial charge >= 0.3 is 6.09 Å². The first-order valence-corrected chi connectivity index (χ1v) is 10.00. The average molecular weight is 382 g/mol. The van der Waals surface area contributed by atoms with Gasteiger partial charge in [0.15, 0.2) is 0 Å². The van der Waals surface area contributed by atoms with E-state index in [1.165, 1.54) is 4.88 Å². The lowest BCUT2D eigenvalue weighted by atomic mass is 10.2. The van der Waals surface area contributed by atoms with Crippen LogP contribution in [0.25, 0.3) is 10.2 Å². The topological polar surface area (TPSA) is 58.6 Å². The predicted octanol–water partition coefficient (Wildman–Crippen LogP) is 3.71. The van der Waals surface area contributed by atoms with Crippen LogP contribution in [0.3, 0.4) is 0 Å².